The van der Waals surface area contributed by atoms with E-state index in [2.05, 4.69) is 29.4 Å². The van der Waals surface area contributed by atoms with Crippen LogP contribution in [-0.2, 0) is 9.53 Å². The highest BCUT2D eigenvalue weighted by atomic mass is 35.5. The molecule has 0 aromatic rings. The average Bonchev–Trinajstić information content (AvgIpc) is 2.46. The number of morpholine rings is 1. The molecule has 0 spiro atoms. The lowest BCUT2D eigenvalue weighted by atomic mass is 9.98. The maximum atomic E-state index is 12.0. The topological polar surface area (TPSA) is 53.6 Å². The molecule has 2 saturated heterocycles. The van der Waals surface area contributed by atoms with Gasteiger partial charge >= 0.3 is 0 Å². The minimum absolute atomic E-state index is 0. The number of amides is 1. The lowest BCUT2D eigenvalue weighted by Gasteiger charge is -2.35. The van der Waals surface area contributed by atoms with Crippen LogP contribution < -0.4 is 10.6 Å². The molecule has 0 radical (unpaired) electrons. The van der Waals surface area contributed by atoms with Crippen molar-refractivity contribution in [1.82, 2.24) is 15.5 Å². The van der Waals surface area contributed by atoms with Gasteiger partial charge in [-0.05, 0) is 38.8 Å². The summed E-state index contributed by atoms with van der Waals surface area (Å²) in [4.78, 5) is 14.4. The fraction of sp³-hybridized carbons (Fsp3) is 0.929. The minimum Gasteiger partial charge on any atom is -0.378 e. The Morgan fingerprint density at radius 3 is 2.62 bits per heavy atom. The van der Waals surface area contributed by atoms with Crippen LogP contribution in [0.2, 0.25) is 0 Å². The fourth-order valence-corrected chi connectivity index (χ4v) is 2.70. The number of nitrogens with zero attached hydrogens (tertiary/aromatic N) is 1. The maximum Gasteiger partial charge on any atom is 0.239 e. The zero-order valence-corrected chi connectivity index (χ0v) is 14.6. The molecule has 0 aromatic heterocycles. The second kappa shape index (κ2) is 10.6. The van der Waals surface area contributed by atoms with E-state index in [0.29, 0.717) is 19.3 Å². The van der Waals surface area contributed by atoms with Crippen molar-refractivity contribution in [2.45, 2.75) is 38.8 Å². The number of hydrogen-bond donors (Lipinski definition) is 2. The Bertz CT molecular complexity index is 294. The predicted octanol–water partition coefficient (Wildman–Crippen LogP) is 1.05. The largest absolute Gasteiger partial charge is 0.378 e. The van der Waals surface area contributed by atoms with Crippen LogP contribution >= 0.6 is 24.8 Å². The smallest absolute Gasteiger partial charge is 0.239 e. The van der Waals surface area contributed by atoms with Crippen LogP contribution in [-0.4, -0.2) is 62.3 Å². The molecule has 5 nitrogen and oxygen atoms in total. The predicted molar refractivity (Wildman–Crippen MR) is 89.5 cm³/mol. The zero-order chi connectivity index (χ0) is 13.7. The Morgan fingerprint density at radius 2 is 2.05 bits per heavy atom. The molecule has 0 aliphatic carbocycles. The number of nitrogens with one attached hydrogen (secondary N) is 2. The Morgan fingerprint density at radius 1 is 1.38 bits per heavy atom. The average molecular weight is 342 g/mol. The van der Waals surface area contributed by atoms with Crippen LogP contribution in [0.15, 0.2) is 0 Å². The molecule has 0 saturated carbocycles. The van der Waals surface area contributed by atoms with Gasteiger partial charge in [0.2, 0.25) is 5.91 Å². The van der Waals surface area contributed by atoms with Gasteiger partial charge in [-0.1, -0.05) is 6.92 Å². The molecule has 2 rings (SSSR count). The van der Waals surface area contributed by atoms with Crippen LogP contribution in [0.25, 0.3) is 0 Å². The molecule has 1 amide bonds. The van der Waals surface area contributed by atoms with Gasteiger partial charge < -0.3 is 15.4 Å². The second-order valence-electron chi connectivity index (χ2n) is 5.89. The van der Waals surface area contributed by atoms with Crippen LogP contribution in [0.1, 0.15) is 26.7 Å². The normalized spacial score (nSPS) is 25.3. The number of carbonyl (C=O) groups excluding carboxylic acids is 1. The fourth-order valence-electron chi connectivity index (χ4n) is 2.70. The van der Waals surface area contributed by atoms with Crippen molar-refractivity contribution in [3.63, 3.8) is 0 Å². The summed E-state index contributed by atoms with van der Waals surface area (Å²) in [7, 11) is 0. The van der Waals surface area contributed by atoms with Gasteiger partial charge in [-0.15, -0.1) is 24.8 Å². The number of rotatable bonds is 4. The van der Waals surface area contributed by atoms with Gasteiger partial charge in [-0.3, -0.25) is 9.69 Å². The van der Waals surface area contributed by atoms with E-state index in [1.54, 1.807) is 0 Å². The minimum atomic E-state index is -0.178. The van der Waals surface area contributed by atoms with Gasteiger partial charge in [0.05, 0.1) is 13.2 Å². The van der Waals surface area contributed by atoms with E-state index in [1.807, 2.05) is 0 Å². The van der Waals surface area contributed by atoms with E-state index < -0.39 is 0 Å². The Balaban J connectivity index is 0.00000200. The summed E-state index contributed by atoms with van der Waals surface area (Å²) in [6.45, 7) is 9.50. The first kappa shape index (κ1) is 20.9. The van der Waals surface area contributed by atoms with Gasteiger partial charge in [0.1, 0.15) is 6.04 Å². The molecule has 126 valence electrons. The molecule has 7 heteroatoms. The molecule has 0 bridgehead atoms. The zero-order valence-electron chi connectivity index (χ0n) is 13.0. The third-order valence-corrected chi connectivity index (χ3v) is 4.25. The van der Waals surface area contributed by atoms with Crippen molar-refractivity contribution in [3.05, 3.63) is 0 Å². The number of hydrogen-bond acceptors (Lipinski definition) is 4. The lowest BCUT2D eigenvalue weighted by Crippen LogP contribution is -2.53. The standard InChI is InChI=1S/C14H27N3O2.2ClH/c1-11-3-6-17(7-4-11)12(2)9-16-14(18)13-10-19-8-5-15-13;;/h11-13,15H,3-10H2,1-2H3,(H,16,18);2*1H. The van der Waals surface area contributed by atoms with E-state index in [4.69, 9.17) is 4.74 Å². The molecule has 2 atom stereocenters. The SMILES string of the molecule is CC1CCN(C(C)CNC(=O)C2COCCN2)CC1.Cl.Cl. The molecule has 0 aromatic carbocycles. The quantitative estimate of drug-likeness (QED) is 0.802. The Hall–Kier alpha value is -0.0700. The summed E-state index contributed by atoms with van der Waals surface area (Å²) < 4.78 is 5.30. The van der Waals surface area contributed by atoms with E-state index in [-0.39, 0.29) is 36.8 Å². The highest BCUT2D eigenvalue weighted by Gasteiger charge is 2.23. The van der Waals surface area contributed by atoms with Gasteiger partial charge in [-0.2, -0.15) is 0 Å². The number of piperidine rings is 1. The summed E-state index contributed by atoms with van der Waals surface area (Å²) in [6, 6.07) is 0.239. The Kier molecular flexibility index (Phi) is 10.6. The van der Waals surface area contributed by atoms with Gasteiger partial charge in [0.25, 0.3) is 0 Å². The monoisotopic (exact) mass is 341 g/mol. The molecule has 2 aliphatic heterocycles. The van der Waals surface area contributed by atoms with Gasteiger partial charge in [0.15, 0.2) is 0 Å². The summed E-state index contributed by atoms with van der Waals surface area (Å²) in [6.07, 6.45) is 2.55. The molecule has 2 fully saturated rings. The van der Waals surface area contributed by atoms with Crippen molar-refractivity contribution in [3.8, 4) is 0 Å². The molecule has 2 N–H and O–H groups in total. The molecule has 21 heavy (non-hydrogen) atoms. The summed E-state index contributed by atoms with van der Waals surface area (Å²) in [5.74, 6) is 0.915. The van der Waals surface area contributed by atoms with Crippen LogP contribution in [0.4, 0.5) is 0 Å². The third-order valence-electron chi connectivity index (χ3n) is 4.25. The molecule has 2 heterocycles. The number of halogens is 2. The maximum absolute atomic E-state index is 12.0. The van der Waals surface area contributed by atoms with Crippen LogP contribution in [0, 0.1) is 5.92 Å². The summed E-state index contributed by atoms with van der Waals surface area (Å²) in [5.41, 5.74) is 0. The molecule has 2 aliphatic rings. The summed E-state index contributed by atoms with van der Waals surface area (Å²) in [5, 5.41) is 6.21. The van der Waals surface area contributed by atoms with E-state index in [0.717, 1.165) is 32.1 Å². The number of ether oxygens (including phenoxy) is 1. The van der Waals surface area contributed by atoms with Crippen molar-refractivity contribution in [2.75, 3.05) is 39.4 Å². The van der Waals surface area contributed by atoms with Crippen molar-refractivity contribution in [1.29, 1.82) is 0 Å². The highest BCUT2D eigenvalue weighted by Crippen LogP contribution is 2.17. The third kappa shape index (κ3) is 6.70. The highest BCUT2D eigenvalue weighted by molar-refractivity contribution is 5.85. The number of likely N-dealkylation sites (tertiary alicyclic amines) is 1. The van der Waals surface area contributed by atoms with Gasteiger partial charge in [0, 0.05) is 19.1 Å². The Labute approximate surface area is 140 Å². The van der Waals surface area contributed by atoms with E-state index in [9.17, 15) is 4.79 Å². The van der Waals surface area contributed by atoms with Crippen molar-refractivity contribution >= 4 is 30.7 Å². The summed E-state index contributed by atoms with van der Waals surface area (Å²) >= 11 is 0. The first-order chi connectivity index (χ1) is 9.16. The van der Waals surface area contributed by atoms with E-state index >= 15 is 0 Å². The molecule has 2 unspecified atom stereocenters. The first-order valence-corrected chi connectivity index (χ1v) is 7.49. The van der Waals surface area contributed by atoms with Crippen LogP contribution in [0.3, 0.4) is 0 Å². The second-order valence-corrected chi connectivity index (χ2v) is 5.89. The van der Waals surface area contributed by atoms with Crippen molar-refractivity contribution < 1.29 is 9.53 Å². The van der Waals surface area contributed by atoms with Crippen molar-refractivity contribution in [2.24, 2.45) is 5.92 Å². The van der Waals surface area contributed by atoms with Gasteiger partial charge in [-0.25, -0.2) is 0 Å². The lowest BCUT2D eigenvalue weighted by molar-refractivity contribution is -0.126. The van der Waals surface area contributed by atoms with Crippen LogP contribution in [0.5, 0.6) is 0 Å². The molecular weight excluding hydrogens is 313 g/mol. The number of carbonyl (C=O) groups is 1. The van der Waals surface area contributed by atoms with E-state index in [1.165, 1.54) is 12.8 Å². The first-order valence-electron chi connectivity index (χ1n) is 7.49. The molecular formula is C14H29Cl2N3O2.